The van der Waals surface area contributed by atoms with Crippen LogP contribution in [0, 0.1) is 6.92 Å². The van der Waals surface area contributed by atoms with Gasteiger partial charge in [-0.15, -0.1) is 0 Å². The molecule has 0 aliphatic heterocycles. The summed E-state index contributed by atoms with van der Waals surface area (Å²) in [6.45, 7) is 4.06. The van der Waals surface area contributed by atoms with Gasteiger partial charge in [-0.3, -0.25) is 0 Å². The molecule has 2 rings (SSSR count). The predicted octanol–water partition coefficient (Wildman–Crippen LogP) is 3.88. The highest BCUT2D eigenvalue weighted by molar-refractivity contribution is 5.55. The average molecular weight is 257 g/mol. The van der Waals surface area contributed by atoms with Crippen molar-refractivity contribution >= 4 is 5.69 Å². The summed E-state index contributed by atoms with van der Waals surface area (Å²) in [5.41, 5.74) is 3.04. The van der Waals surface area contributed by atoms with Crippen LogP contribution in [-0.2, 0) is 0 Å². The van der Waals surface area contributed by atoms with E-state index in [9.17, 15) is 5.11 Å². The second-order valence-electron chi connectivity index (χ2n) is 4.61. The molecule has 0 saturated heterocycles. The fraction of sp³-hybridized carbons (Fsp3) is 0.250. The molecule has 2 aromatic carbocycles. The number of benzene rings is 2. The third kappa shape index (κ3) is 2.99. The summed E-state index contributed by atoms with van der Waals surface area (Å²) in [5.74, 6) is 1.16. The van der Waals surface area contributed by atoms with Gasteiger partial charge in [-0.25, -0.2) is 0 Å². The van der Waals surface area contributed by atoms with Crippen molar-refractivity contribution in [1.82, 2.24) is 0 Å². The van der Waals surface area contributed by atoms with Crippen molar-refractivity contribution in [3.63, 3.8) is 0 Å². The quantitative estimate of drug-likeness (QED) is 0.873. The smallest absolute Gasteiger partial charge is 0.120 e. The third-order valence-electron chi connectivity index (χ3n) is 3.21. The highest BCUT2D eigenvalue weighted by Crippen LogP contribution is 2.29. The number of hydrogen-bond donors (Lipinski definition) is 2. The van der Waals surface area contributed by atoms with Gasteiger partial charge >= 0.3 is 0 Å². The van der Waals surface area contributed by atoms with E-state index < -0.39 is 0 Å². The Morgan fingerprint density at radius 3 is 2.53 bits per heavy atom. The Balaban J connectivity index is 2.19. The molecule has 0 bridgehead atoms. The lowest BCUT2D eigenvalue weighted by atomic mass is 10.1. The van der Waals surface area contributed by atoms with Gasteiger partial charge in [0.1, 0.15) is 11.5 Å². The summed E-state index contributed by atoms with van der Waals surface area (Å²) in [7, 11) is 1.66. The van der Waals surface area contributed by atoms with E-state index in [0.717, 1.165) is 22.6 Å². The molecule has 0 aromatic heterocycles. The van der Waals surface area contributed by atoms with E-state index in [1.165, 1.54) is 0 Å². The molecule has 19 heavy (non-hydrogen) atoms. The molecular weight excluding hydrogens is 238 g/mol. The van der Waals surface area contributed by atoms with Gasteiger partial charge in [0.2, 0.25) is 0 Å². The second kappa shape index (κ2) is 5.65. The summed E-state index contributed by atoms with van der Waals surface area (Å²) in [6.07, 6.45) is 0. The molecule has 0 amide bonds. The van der Waals surface area contributed by atoms with Crippen LogP contribution >= 0.6 is 0 Å². The third-order valence-corrected chi connectivity index (χ3v) is 3.21. The van der Waals surface area contributed by atoms with Crippen LogP contribution in [0.2, 0.25) is 0 Å². The first-order chi connectivity index (χ1) is 9.11. The molecule has 0 fully saturated rings. The second-order valence-corrected chi connectivity index (χ2v) is 4.61. The first-order valence-electron chi connectivity index (χ1n) is 6.31. The number of nitrogens with one attached hydrogen (secondary N) is 1. The van der Waals surface area contributed by atoms with E-state index in [2.05, 4.69) is 5.32 Å². The summed E-state index contributed by atoms with van der Waals surface area (Å²) < 4.78 is 5.19. The summed E-state index contributed by atoms with van der Waals surface area (Å²) in [6, 6.07) is 13.3. The van der Waals surface area contributed by atoms with Gasteiger partial charge in [-0.05, 0) is 43.7 Å². The maximum atomic E-state index is 9.85. The van der Waals surface area contributed by atoms with E-state index in [1.54, 1.807) is 13.2 Å². The van der Waals surface area contributed by atoms with Gasteiger partial charge in [0, 0.05) is 11.3 Å². The summed E-state index contributed by atoms with van der Waals surface area (Å²) >= 11 is 0. The van der Waals surface area contributed by atoms with Gasteiger partial charge in [0.25, 0.3) is 0 Å². The van der Waals surface area contributed by atoms with Crippen LogP contribution in [0.4, 0.5) is 5.69 Å². The number of aromatic hydroxyl groups is 1. The standard InChI is InChI=1S/C16H19NO2/c1-11-10-13(19-3)8-9-15(11)17-12(2)14-6-4-5-7-16(14)18/h4-10,12,17-18H,1-3H3. The number of methoxy groups -OCH3 is 1. The number of anilines is 1. The van der Waals surface area contributed by atoms with Crippen LogP contribution in [-0.4, -0.2) is 12.2 Å². The largest absolute Gasteiger partial charge is 0.508 e. The van der Waals surface area contributed by atoms with Gasteiger partial charge in [0.15, 0.2) is 0 Å². The molecule has 2 N–H and O–H groups in total. The fourth-order valence-electron chi connectivity index (χ4n) is 2.09. The SMILES string of the molecule is COc1ccc(NC(C)c2ccccc2O)c(C)c1. The number of ether oxygens (including phenoxy) is 1. The van der Waals surface area contributed by atoms with Crippen molar-refractivity contribution in [2.45, 2.75) is 19.9 Å². The van der Waals surface area contributed by atoms with Crippen LogP contribution in [0.25, 0.3) is 0 Å². The molecular formula is C16H19NO2. The van der Waals surface area contributed by atoms with Crippen molar-refractivity contribution < 1.29 is 9.84 Å². The molecule has 2 aromatic rings. The van der Waals surface area contributed by atoms with E-state index in [4.69, 9.17) is 4.74 Å². The molecule has 1 atom stereocenters. The number of rotatable bonds is 4. The highest BCUT2D eigenvalue weighted by Gasteiger charge is 2.10. The Hall–Kier alpha value is -2.16. The molecule has 0 aliphatic rings. The summed E-state index contributed by atoms with van der Waals surface area (Å²) in [5, 5.41) is 13.3. The van der Waals surface area contributed by atoms with Crippen LogP contribution in [0.1, 0.15) is 24.1 Å². The zero-order valence-corrected chi connectivity index (χ0v) is 11.5. The minimum absolute atomic E-state index is 0.0355. The summed E-state index contributed by atoms with van der Waals surface area (Å²) in [4.78, 5) is 0. The van der Waals surface area contributed by atoms with Gasteiger partial charge in [0.05, 0.1) is 13.2 Å². The zero-order chi connectivity index (χ0) is 13.8. The molecule has 0 radical (unpaired) electrons. The zero-order valence-electron chi connectivity index (χ0n) is 11.5. The lowest BCUT2D eigenvalue weighted by Gasteiger charge is -2.18. The van der Waals surface area contributed by atoms with Crippen molar-refractivity contribution in [2.24, 2.45) is 0 Å². The molecule has 0 aliphatic carbocycles. The topological polar surface area (TPSA) is 41.5 Å². The van der Waals surface area contributed by atoms with Crippen LogP contribution in [0.5, 0.6) is 11.5 Å². The minimum Gasteiger partial charge on any atom is -0.508 e. The Morgan fingerprint density at radius 2 is 1.89 bits per heavy atom. The monoisotopic (exact) mass is 257 g/mol. The fourth-order valence-corrected chi connectivity index (χ4v) is 2.09. The lowest BCUT2D eigenvalue weighted by Crippen LogP contribution is -2.07. The van der Waals surface area contributed by atoms with E-state index in [0.29, 0.717) is 5.75 Å². The molecule has 3 heteroatoms. The number of aryl methyl sites for hydroxylation is 1. The van der Waals surface area contributed by atoms with Crippen molar-refractivity contribution in [2.75, 3.05) is 12.4 Å². The van der Waals surface area contributed by atoms with Crippen molar-refractivity contribution in [1.29, 1.82) is 0 Å². The number of para-hydroxylation sites is 1. The van der Waals surface area contributed by atoms with E-state index in [1.807, 2.05) is 50.2 Å². The van der Waals surface area contributed by atoms with E-state index >= 15 is 0 Å². The van der Waals surface area contributed by atoms with E-state index in [-0.39, 0.29) is 6.04 Å². The first kappa shape index (κ1) is 13.3. The van der Waals surface area contributed by atoms with Crippen LogP contribution in [0.15, 0.2) is 42.5 Å². The maximum absolute atomic E-state index is 9.85. The highest BCUT2D eigenvalue weighted by atomic mass is 16.5. The molecule has 3 nitrogen and oxygen atoms in total. The Morgan fingerprint density at radius 1 is 1.16 bits per heavy atom. The minimum atomic E-state index is 0.0355. The molecule has 1 unspecified atom stereocenters. The van der Waals surface area contributed by atoms with Crippen molar-refractivity contribution in [3.05, 3.63) is 53.6 Å². The Bertz CT molecular complexity index is 566. The molecule has 0 saturated carbocycles. The average Bonchev–Trinajstić information content (AvgIpc) is 2.41. The van der Waals surface area contributed by atoms with Crippen molar-refractivity contribution in [3.8, 4) is 11.5 Å². The van der Waals surface area contributed by atoms with Crippen LogP contribution in [0.3, 0.4) is 0 Å². The van der Waals surface area contributed by atoms with Gasteiger partial charge < -0.3 is 15.2 Å². The number of phenolic OH excluding ortho intramolecular Hbond substituents is 1. The first-order valence-corrected chi connectivity index (χ1v) is 6.31. The van der Waals surface area contributed by atoms with Gasteiger partial charge in [-0.2, -0.15) is 0 Å². The normalized spacial score (nSPS) is 11.9. The van der Waals surface area contributed by atoms with Crippen LogP contribution < -0.4 is 10.1 Å². The molecule has 100 valence electrons. The Labute approximate surface area is 113 Å². The molecule has 0 heterocycles. The number of hydrogen-bond acceptors (Lipinski definition) is 3. The molecule has 0 spiro atoms. The number of phenols is 1. The maximum Gasteiger partial charge on any atom is 0.120 e. The lowest BCUT2D eigenvalue weighted by molar-refractivity contribution is 0.414. The predicted molar refractivity (Wildman–Crippen MR) is 77.9 cm³/mol. The van der Waals surface area contributed by atoms with Gasteiger partial charge in [-0.1, -0.05) is 18.2 Å². The Kier molecular flexibility index (Phi) is 3.95.